The SMILES string of the molecule is CC(C)(C)CC1CCCOC1c1ccccc1. The van der Waals surface area contributed by atoms with Crippen LogP contribution in [0.1, 0.15) is 51.7 Å². The van der Waals surface area contributed by atoms with Gasteiger partial charge in [0.25, 0.3) is 0 Å². The van der Waals surface area contributed by atoms with E-state index in [1.807, 2.05) is 0 Å². The normalized spacial score (nSPS) is 25.8. The van der Waals surface area contributed by atoms with Gasteiger partial charge in [-0.3, -0.25) is 0 Å². The maximum atomic E-state index is 6.02. The molecule has 0 spiro atoms. The summed E-state index contributed by atoms with van der Waals surface area (Å²) in [4.78, 5) is 0. The third kappa shape index (κ3) is 3.57. The molecule has 1 aromatic carbocycles. The second-order valence-electron chi connectivity index (χ2n) is 6.37. The van der Waals surface area contributed by atoms with Crippen LogP contribution in [0.15, 0.2) is 30.3 Å². The largest absolute Gasteiger partial charge is 0.373 e. The van der Waals surface area contributed by atoms with Gasteiger partial charge < -0.3 is 4.74 Å². The van der Waals surface area contributed by atoms with E-state index in [0.717, 1.165) is 6.61 Å². The van der Waals surface area contributed by atoms with Crippen molar-refractivity contribution in [1.82, 2.24) is 0 Å². The van der Waals surface area contributed by atoms with Crippen LogP contribution >= 0.6 is 0 Å². The quantitative estimate of drug-likeness (QED) is 0.724. The van der Waals surface area contributed by atoms with Crippen molar-refractivity contribution in [1.29, 1.82) is 0 Å². The third-order valence-corrected chi connectivity index (χ3v) is 3.45. The minimum absolute atomic E-state index is 0.309. The molecule has 1 aromatic rings. The lowest BCUT2D eigenvalue weighted by atomic mass is 9.77. The topological polar surface area (TPSA) is 9.23 Å². The fourth-order valence-electron chi connectivity index (χ4n) is 2.85. The molecule has 1 aliphatic heterocycles. The summed E-state index contributed by atoms with van der Waals surface area (Å²) in [5.41, 5.74) is 1.74. The molecule has 1 heteroatoms. The Morgan fingerprint density at radius 3 is 2.53 bits per heavy atom. The van der Waals surface area contributed by atoms with Crippen LogP contribution in [0.3, 0.4) is 0 Å². The highest BCUT2D eigenvalue weighted by atomic mass is 16.5. The molecule has 2 unspecified atom stereocenters. The molecule has 94 valence electrons. The first-order valence-corrected chi connectivity index (χ1v) is 6.73. The average Bonchev–Trinajstić information content (AvgIpc) is 2.29. The molecule has 1 saturated heterocycles. The lowest BCUT2D eigenvalue weighted by Crippen LogP contribution is -2.26. The average molecular weight is 232 g/mol. The summed E-state index contributed by atoms with van der Waals surface area (Å²) in [6.45, 7) is 7.89. The Morgan fingerprint density at radius 1 is 1.18 bits per heavy atom. The van der Waals surface area contributed by atoms with Crippen LogP contribution in [0.5, 0.6) is 0 Å². The molecule has 0 aliphatic carbocycles. The molecule has 1 nitrogen and oxygen atoms in total. The highest BCUT2D eigenvalue weighted by Gasteiger charge is 2.30. The van der Waals surface area contributed by atoms with Crippen LogP contribution in [-0.4, -0.2) is 6.61 Å². The second kappa shape index (κ2) is 5.22. The Kier molecular flexibility index (Phi) is 3.88. The van der Waals surface area contributed by atoms with Crippen LogP contribution in [-0.2, 0) is 4.74 Å². The maximum Gasteiger partial charge on any atom is 0.0853 e. The van der Waals surface area contributed by atoms with Crippen molar-refractivity contribution in [2.24, 2.45) is 11.3 Å². The predicted octanol–water partition coefficient (Wildman–Crippen LogP) is 4.59. The summed E-state index contributed by atoms with van der Waals surface area (Å²) in [7, 11) is 0. The van der Waals surface area contributed by atoms with E-state index >= 15 is 0 Å². The summed E-state index contributed by atoms with van der Waals surface area (Å²) < 4.78 is 6.02. The van der Waals surface area contributed by atoms with Gasteiger partial charge in [-0.15, -0.1) is 0 Å². The molecule has 0 saturated carbocycles. The number of hydrogen-bond acceptors (Lipinski definition) is 1. The van der Waals surface area contributed by atoms with Crippen molar-refractivity contribution < 1.29 is 4.74 Å². The van der Waals surface area contributed by atoms with E-state index in [1.54, 1.807) is 0 Å². The Hall–Kier alpha value is -0.820. The van der Waals surface area contributed by atoms with Crippen molar-refractivity contribution in [2.75, 3.05) is 6.61 Å². The molecule has 1 aliphatic rings. The third-order valence-electron chi connectivity index (χ3n) is 3.45. The number of benzene rings is 1. The van der Waals surface area contributed by atoms with Gasteiger partial charge in [0.2, 0.25) is 0 Å². The minimum Gasteiger partial charge on any atom is -0.373 e. The lowest BCUT2D eigenvalue weighted by molar-refractivity contribution is -0.0405. The van der Waals surface area contributed by atoms with Gasteiger partial charge in [0.1, 0.15) is 0 Å². The Labute approximate surface area is 105 Å². The van der Waals surface area contributed by atoms with Gasteiger partial charge in [-0.25, -0.2) is 0 Å². The fraction of sp³-hybridized carbons (Fsp3) is 0.625. The van der Waals surface area contributed by atoms with Gasteiger partial charge in [0.15, 0.2) is 0 Å². The van der Waals surface area contributed by atoms with E-state index in [4.69, 9.17) is 4.74 Å². The number of hydrogen-bond donors (Lipinski definition) is 0. The molecule has 17 heavy (non-hydrogen) atoms. The van der Waals surface area contributed by atoms with Crippen molar-refractivity contribution in [2.45, 2.75) is 46.1 Å². The van der Waals surface area contributed by atoms with E-state index in [0.29, 0.717) is 17.4 Å². The van der Waals surface area contributed by atoms with Crippen LogP contribution in [0.2, 0.25) is 0 Å². The highest BCUT2D eigenvalue weighted by molar-refractivity contribution is 5.18. The van der Waals surface area contributed by atoms with E-state index in [2.05, 4.69) is 51.1 Å². The van der Waals surface area contributed by atoms with Crippen molar-refractivity contribution in [3.8, 4) is 0 Å². The molecule has 0 bridgehead atoms. The van der Waals surface area contributed by atoms with E-state index in [-0.39, 0.29) is 0 Å². The highest BCUT2D eigenvalue weighted by Crippen LogP contribution is 2.40. The van der Waals surface area contributed by atoms with Crippen molar-refractivity contribution in [3.63, 3.8) is 0 Å². The molecule has 0 radical (unpaired) electrons. The zero-order valence-corrected chi connectivity index (χ0v) is 11.3. The van der Waals surface area contributed by atoms with Gasteiger partial charge in [-0.1, -0.05) is 51.1 Å². The van der Waals surface area contributed by atoms with E-state index in [9.17, 15) is 0 Å². The maximum absolute atomic E-state index is 6.02. The molecule has 2 atom stereocenters. The number of rotatable bonds is 2. The zero-order valence-electron chi connectivity index (χ0n) is 11.3. The van der Waals surface area contributed by atoms with Crippen molar-refractivity contribution >= 4 is 0 Å². The molecule has 0 amide bonds. The first-order valence-electron chi connectivity index (χ1n) is 6.73. The van der Waals surface area contributed by atoms with E-state index < -0.39 is 0 Å². The Morgan fingerprint density at radius 2 is 1.88 bits per heavy atom. The lowest BCUT2D eigenvalue weighted by Gasteiger charge is -2.36. The smallest absolute Gasteiger partial charge is 0.0853 e. The zero-order chi connectivity index (χ0) is 12.3. The molecular weight excluding hydrogens is 208 g/mol. The molecule has 2 rings (SSSR count). The standard InChI is InChI=1S/C16H24O/c1-16(2,3)12-14-10-7-11-17-15(14)13-8-5-4-6-9-13/h4-6,8-9,14-15H,7,10-12H2,1-3H3. The predicted molar refractivity (Wildman–Crippen MR) is 71.9 cm³/mol. The number of ether oxygens (including phenoxy) is 1. The Balaban J connectivity index is 2.13. The summed E-state index contributed by atoms with van der Waals surface area (Å²) in [5, 5.41) is 0. The van der Waals surface area contributed by atoms with Crippen molar-refractivity contribution in [3.05, 3.63) is 35.9 Å². The van der Waals surface area contributed by atoms with Gasteiger partial charge in [0.05, 0.1) is 6.10 Å². The monoisotopic (exact) mass is 232 g/mol. The first kappa shape index (κ1) is 12.6. The summed E-state index contributed by atoms with van der Waals surface area (Å²) in [6.07, 6.45) is 4.07. The first-order chi connectivity index (χ1) is 8.06. The fourth-order valence-corrected chi connectivity index (χ4v) is 2.85. The molecule has 0 aromatic heterocycles. The minimum atomic E-state index is 0.309. The van der Waals surface area contributed by atoms with E-state index in [1.165, 1.54) is 24.8 Å². The second-order valence-corrected chi connectivity index (χ2v) is 6.37. The van der Waals surface area contributed by atoms with Gasteiger partial charge in [0, 0.05) is 6.61 Å². The van der Waals surface area contributed by atoms with Crippen LogP contribution in [0.4, 0.5) is 0 Å². The van der Waals surface area contributed by atoms with Gasteiger partial charge >= 0.3 is 0 Å². The summed E-state index contributed by atoms with van der Waals surface area (Å²) in [6, 6.07) is 10.7. The van der Waals surface area contributed by atoms with Gasteiger partial charge in [-0.05, 0) is 36.2 Å². The molecular formula is C16H24O. The summed E-state index contributed by atoms with van der Waals surface area (Å²) >= 11 is 0. The van der Waals surface area contributed by atoms with Crippen LogP contribution < -0.4 is 0 Å². The molecule has 1 fully saturated rings. The summed E-state index contributed by atoms with van der Waals surface area (Å²) in [5.74, 6) is 0.672. The Bertz CT molecular complexity index is 336. The van der Waals surface area contributed by atoms with Crippen LogP contribution in [0.25, 0.3) is 0 Å². The molecule has 0 N–H and O–H groups in total. The van der Waals surface area contributed by atoms with Gasteiger partial charge in [-0.2, -0.15) is 0 Å². The van der Waals surface area contributed by atoms with Crippen LogP contribution in [0, 0.1) is 11.3 Å². The molecule has 1 heterocycles.